The minimum absolute atomic E-state index is 0.00580. The number of H-pyrrole nitrogens is 1. The SMILES string of the molecule is COc1cccc2[nH]c(C)c(C(=O)CN)c12. The number of methoxy groups -OCH3 is 1. The van der Waals surface area contributed by atoms with Gasteiger partial charge in [0.05, 0.1) is 30.1 Å². The van der Waals surface area contributed by atoms with Gasteiger partial charge in [0.2, 0.25) is 0 Å². The van der Waals surface area contributed by atoms with Crippen molar-refractivity contribution in [3.05, 3.63) is 29.5 Å². The van der Waals surface area contributed by atoms with Gasteiger partial charge in [-0.15, -0.1) is 0 Å². The van der Waals surface area contributed by atoms with Crippen LogP contribution in [0.15, 0.2) is 18.2 Å². The Labute approximate surface area is 93.4 Å². The molecule has 0 radical (unpaired) electrons. The van der Waals surface area contributed by atoms with E-state index in [4.69, 9.17) is 10.5 Å². The van der Waals surface area contributed by atoms with E-state index >= 15 is 0 Å². The van der Waals surface area contributed by atoms with E-state index in [0.29, 0.717) is 11.3 Å². The van der Waals surface area contributed by atoms with Crippen LogP contribution in [0.4, 0.5) is 0 Å². The number of carbonyl (C=O) groups is 1. The lowest BCUT2D eigenvalue weighted by molar-refractivity contribution is 0.100. The first kappa shape index (κ1) is 10.7. The molecule has 2 aromatic rings. The molecule has 3 N–H and O–H groups in total. The van der Waals surface area contributed by atoms with E-state index in [9.17, 15) is 4.79 Å². The molecule has 0 bridgehead atoms. The number of aromatic nitrogens is 1. The molecule has 2 rings (SSSR count). The number of aryl methyl sites for hydroxylation is 1. The zero-order valence-electron chi connectivity index (χ0n) is 9.33. The number of hydrogen-bond acceptors (Lipinski definition) is 3. The van der Waals surface area contributed by atoms with E-state index in [2.05, 4.69) is 4.98 Å². The first-order valence-corrected chi connectivity index (χ1v) is 5.07. The van der Waals surface area contributed by atoms with E-state index in [1.54, 1.807) is 7.11 Å². The fourth-order valence-electron chi connectivity index (χ4n) is 1.97. The first-order valence-electron chi connectivity index (χ1n) is 5.07. The van der Waals surface area contributed by atoms with Crippen molar-refractivity contribution in [1.82, 2.24) is 4.98 Å². The summed E-state index contributed by atoms with van der Waals surface area (Å²) in [6, 6.07) is 5.63. The second kappa shape index (κ2) is 3.98. The Morgan fingerprint density at radius 3 is 2.88 bits per heavy atom. The number of ether oxygens (including phenoxy) is 1. The number of fused-ring (bicyclic) bond motifs is 1. The normalized spacial score (nSPS) is 10.7. The van der Waals surface area contributed by atoms with Crippen molar-refractivity contribution in [2.45, 2.75) is 6.92 Å². The van der Waals surface area contributed by atoms with Crippen molar-refractivity contribution >= 4 is 16.7 Å². The summed E-state index contributed by atoms with van der Waals surface area (Å²) in [7, 11) is 1.59. The Kier molecular flexibility index (Phi) is 2.66. The molecule has 84 valence electrons. The topological polar surface area (TPSA) is 68.1 Å². The summed E-state index contributed by atoms with van der Waals surface area (Å²) in [6.45, 7) is 1.87. The van der Waals surface area contributed by atoms with Gasteiger partial charge in [0, 0.05) is 5.69 Å². The summed E-state index contributed by atoms with van der Waals surface area (Å²) in [4.78, 5) is 14.9. The van der Waals surface area contributed by atoms with Crippen molar-refractivity contribution in [2.75, 3.05) is 13.7 Å². The highest BCUT2D eigenvalue weighted by molar-refractivity contribution is 6.12. The Bertz CT molecular complexity index is 543. The maximum atomic E-state index is 11.8. The molecular weight excluding hydrogens is 204 g/mol. The fourth-order valence-corrected chi connectivity index (χ4v) is 1.97. The third-order valence-electron chi connectivity index (χ3n) is 2.66. The van der Waals surface area contributed by atoms with Crippen LogP contribution in [0.5, 0.6) is 5.75 Å². The number of benzene rings is 1. The molecule has 0 atom stereocenters. The average Bonchev–Trinajstić information content (AvgIpc) is 2.63. The van der Waals surface area contributed by atoms with Gasteiger partial charge in [-0.2, -0.15) is 0 Å². The van der Waals surface area contributed by atoms with Gasteiger partial charge in [-0.1, -0.05) is 6.07 Å². The Balaban J connectivity index is 2.80. The van der Waals surface area contributed by atoms with Crippen molar-refractivity contribution < 1.29 is 9.53 Å². The Morgan fingerprint density at radius 1 is 1.50 bits per heavy atom. The van der Waals surface area contributed by atoms with Crippen molar-refractivity contribution in [3.8, 4) is 5.75 Å². The summed E-state index contributed by atoms with van der Waals surface area (Å²) >= 11 is 0. The fraction of sp³-hybridized carbons (Fsp3) is 0.250. The smallest absolute Gasteiger partial charge is 0.178 e. The number of nitrogens with two attached hydrogens (primary N) is 1. The second-order valence-electron chi connectivity index (χ2n) is 3.64. The van der Waals surface area contributed by atoms with Crippen LogP contribution >= 0.6 is 0 Å². The number of ketones is 1. The number of aromatic amines is 1. The zero-order valence-corrected chi connectivity index (χ0v) is 9.33. The molecule has 0 fully saturated rings. The molecule has 0 aliphatic heterocycles. The van der Waals surface area contributed by atoms with Gasteiger partial charge >= 0.3 is 0 Å². The van der Waals surface area contributed by atoms with Gasteiger partial charge in [-0.05, 0) is 19.1 Å². The van der Waals surface area contributed by atoms with Crippen LogP contribution in [0.25, 0.3) is 10.9 Å². The largest absolute Gasteiger partial charge is 0.496 e. The van der Waals surface area contributed by atoms with Gasteiger partial charge in [0.15, 0.2) is 5.78 Å². The molecule has 1 aromatic heterocycles. The molecule has 0 saturated heterocycles. The number of hydrogen-bond donors (Lipinski definition) is 2. The van der Waals surface area contributed by atoms with Crippen LogP contribution in [-0.4, -0.2) is 24.4 Å². The molecule has 0 unspecified atom stereocenters. The molecule has 1 heterocycles. The summed E-state index contributed by atoms with van der Waals surface area (Å²) in [5.74, 6) is 0.618. The zero-order chi connectivity index (χ0) is 11.7. The van der Waals surface area contributed by atoms with Gasteiger partial charge in [0.25, 0.3) is 0 Å². The molecule has 0 aliphatic carbocycles. The maximum Gasteiger partial charge on any atom is 0.178 e. The number of Topliss-reactive ketones (excluding diaryl/α,β-unsaturated/α-hetero) is 1. The first-order chi connectivity index (χ1) is 7.69. The average molecular weight is 218 g/mol. The van der Waals surface area contributed by atoms with Crippen molar-refractivity contribution in [3.63, 3.8) is 0 Å². The number of rotatable bonds is 3. The van der Waals surface area contributed by atoms with Crippen LogP contribution < -0.4 is 10.5 Å². The van der Waals surface area contributed by atoms with Gasteiger partial charge in [-0.3, -0.25) is 4.79 Å². The minimum atomic E-state index is -0.0757. The summed E-state index contributed by atoms with van der Waals surface area (Å²) in [6.07, 6.45) is 0. The monoisotopic (exact) mass is 218 g/mol. The molecule has 4 heteroatoms. The van der Waals surface area contributed by atoms with Crippen LogP contribution in [0.1, 0.15) is 16.1 Å². The highest BCUT2D eigenvalue weighted by Gasteiger charge is 2.17. The Morgan fingerprint density at radius 2 is 2.25 bits per heavy atom. The summed E-state index contributed by atoms with van der Waals surface area (Å²) in [5, 5.41) is 0.818. The predicted molar refractivity (Wildman–Crippen MR) is 63.0 cm³/mol. The van der Waals surface area contributed by atoms with E-state index in [1.165, 1.54) is 0 Å². The van der Waals surface area contributed by atoms with Crippen molar-refractivity contribution in [1.29, 1.82) is 0 Å². The van der Waals surface area contributed by atoms with Crippen LogP contribution in [0, 0.1) is 6.92 Å². The van der Waals surface area contributed by atoms with E-state index in [1.807, 2.05) is 25.1 Å². The van der Waals surface area contributed by atoms with E-state index in [-0.39, 0.29) is 12.3 Å². The van der Waals surface area contributed by atoms with E-state index < -0.39 is 0 Å². The number of nitrogens with one attached hydrogen (secondary N) is 1. The van der Waals surface area contributed by atoms with E-state index in [0.717, 1.165) is 16.6 Å². The van der Waals surface area contributed by atoms with Crippen LogP contribution in [-0.2, 0) is 0 Å². The maximum absolute atomic E-state index is 11.8. The third-order valence-corrected chi connectivity index (χ3v) is 2.66. The lowest BCUT2D eigenvalue weighted by Gasteiger charge is -2.03. The summed E-state index contributed by atoms with van der Waals surface area (Å²) in [5.41, 5.74) is 7.77. The van der Waals surface area contributed by atoms with Gasteiger partial charge in [0.1, 0.15) is 5.75 Å². The lowest BCUT2D eigenvalue weighted by Crippen LogP contribution is -2.14. The predicted octanol–water partition coefficient (Wildman–Crippen LogP) is 1.63. The third kappa shape index (κ3) is 1.47. The standard InChI is InChI=1S/C12H14N2O2/c1-7-11(9(15)6-13)12-8(14-7)4-3-5-10(12)16-2/h3-5,14H,6,13H2,1-2H3. The van der Waals surface area contributed by atoms with Gasteiger partial charge in [-0.25, -0.2) is 0 Å². The van der Waals surface area contributed by atoms with Crippen LogP contribution in [0.3, 0.4) is 0 Å². The molecule has 0 amide bonds. The highest BCUT2D eigenvalue weighted by Crippen LogP contribution is 2.30. The van der Waals surface area contributed by atoms with Crippen LogP contribution in [0.2, 0.25) is 0 Å². The lowest BCUT2D eigenvalue weighted by atomic mass is 10.1. The Hall–Kier alpha value is -1.81. The molecule has 16 heavy (non-hydrogen) atoms. The molecule has 1 aromatic carbocycles. The second-order valence-corrected chi connectivity index (χ2v) is 3.64. The molecule has 0 spiro atoms. The van der Waals surface area contributed by atoms with Crippen molar-refractivity contribution in [2.24, 2.45) is 5.73 Å². The van der Waals surface area contributed by atoms with Gasteiger partial charge < -0.3 is 15.5 Å². The molecular formula is C12H14N2O2. The quantitative estimate of drug-likeness (QED) is 0.769. The highest BCUT2D eigenvalue weighted by atomic mass is 16.5. The molecule has 0 saturated carbocycles. The molecule has 0 aliphatic rings. The minimum Gasteiger partial charge on any atom is -0.496 e. The summed E-state index contributed by atoms with van der Waals surface area (Å²) < 4.78 is 5.26. The number of carbonyl (C=O) groups excluding carboxylic acids is 1. The molecule has 4 nitrogen and oxygen atoms in total.